The Labute approximate surface area is 127 Å². The average molecular weight is 340 g/mol. The molecule has 2 rings (SSSR count). The molecule has 0 fully saturated rings. The molecule has 19 heavy (non-hydrogen) atoms. The van der Waals surface area contributed by atoms with E-state index >= 15 is 0 Å². The Bertz CT molecular complexity index is 537. The molecule has 0 atom stereocenters. The summed E-state index contributed by atoms with van der Waals surface area (Å²) in [5.74, 6) is 1.69. The van der Waals surface area contributed by atoms with Gasteiger partial charge in [0, 0.05) is 15.9 Å². The summed E-state index contributed by atoms with van der Waals surface area (Å²) >= 11 is 9.43. The van der Waals surface area contributed by atoms with Crippen molar-refractivity contribution in [1.29, 1.82) is 0 Å². The lowest BCUT2D eigenvalue weighted by Crippen LogP contribution is -1.90. The van der Waals surface area contributed by atoms with E-state index in [1.165, 1.54) is 5.56 Å². The number of hydrogen-bond donors (Lipinski definition) is 0. The van der Waals surface area contributed by atoms with Crippen LogP contribution in [-0.4, -0.2) is 0 Å². The van der Waals surface area contributed by atoms with Gasteiger partial charge in [-0.15, -0.1) is 0 Å². The summed E-state index contributed by atoms with van der Waals surface area (Å²) in [5.41, 5.74) is 2.39. The molecule has 0 unspecified atom stereocenters. The van der Waals surface area contributed by atoms with E-state index in [1.807, 2.05) is 30.3 Å². The fourth-order valence-corrected chi connectivity index (χ4v) is 2.52. The van der Waals surface area contributed by atoms with Gasteiger partial charge < -0.3 is 4.74 Å². The Morgan fingerprint density at radius 1 is 1.11 bits per heavy atom. The minimum absolute atomic E-state index is 0.719. The van der Waals surface area contributed by atoms with Crippen LogP contribution in [0.25, 0.3) is 0 Å². The van der Waals surface area contributed by atoms with Crippen molar-refractivity contribution in [2.24, 2.45) is 0 Å². The molecule has 2 aromatic carbocycles. The summed E-state index contributed by atoms with van der Waals surface area (Å²) in [7, 11) is 0. The van der Waals surface area contributed by atoms with Crippen molar-refractivity contribution >= 4 is 27.5 Å². The van der Waals surface area contributed by atoms with Crippen LogP contribution >= 0.6 is 27.5 Å². The van der Waals surface area contributed by atoms with E-state index in [-0.39, 0.29) is 0 Å². The van der Waals surface area contributed by atoms with Crippen LogP contribution in [0, 0.1) is 0 Å². The van der Waals surface area contributed by atoms with Gasteiger partial charge in [-0.05, 0) is 42.3 Å². The molecule has 0 N–H and O–H groups in total. The van der Waals surface area contributed by atoms with E-state index in [9.17, 15) is 0 Å². The number of halogens is 2. The minimum atomic E-state index is 0.719. The van der Waals surface area contributed by atoms with Gasteiger partial charge in [-0.1, -0.05) is 53.0 Å². The monoisotopic (exact) mass is 338 g/mol. The van der Waals surface area contributed by atoms with E-state index in [4.69, 9.17) is 16.3 Å². The molecule has 0 aliphatic rings. The normalized spacial score (nSPS) is 10.5. The molecule has 0 aromatic heterocycles. The number of benzene rings is 2. The van der Waals surface area contributed by atoms with Crippen LogP contribution < -0.4 is 4.74 Å². The highest BCUT2D eigenvalue weighted by Crippen LogP contribution is 2.29. The number of rotatable bonds is 5. The Morgan fingerprint density at radius 2 is 1.84 bits per heavy atom. The van der Waals surface area contributed by atoms with Gasteiger partial charge in [0.25, 0.3) is 0 Å². The molecule has 0 aliphatic carbocycles. The van der Waals surface area contributed by atoms with Crippen LogP contribution in [0.1, 0.15) is 24.5 Å². The molecular formula is C16H16BrClO. The van der Waals surface area contributed by atoms with Crippen LogP contribution in [0.3, 0.4) is 0 Å². The van der Waals surface area contributed by atoms with Crippen LogP contribution in [0.2, 0.25) is 5.02 Å². The molecule has 3 heteroatoms. The first-order chi connectivity index (χ1) is 9.22. The molecule has 0 saturated heterocycles. The van der Waals surface area contributed by atoms with Gasteiger partial charge >= 0.3 is 0 Å². The molecule has 0 saturated carbocycles. The predicted octanol–water partition coefficient (Wildman–Crippen LogP) is 5.98. The second-order valence-electron chi connectivity index (χ2n) is 4.38. The van der Waals surface area contributed by atoms with E-state index < -0.39 is 0 Å². The lowest BCUT2D eigenvalue weighted by Gasteiger charge is -2.10. The maximum Gasteiger partial charge on any atom is 0.131 e. The van der Waals surface area contributed by atoms with E-state index in [0.29, 0.717) is 0 Å². The lowest BCUT2D eigenvalue weighted by molar-refractivity contribution is 0.478. The number of hydrogen-bond acceptors (Lipinski definition) is 1. The molecule has 0 amide bonds. The van der Waals surface area contributed by atoms with Crippen LogP contribution in [0.5, 0.6) is 11.5 Å². The third-order valence-corrected chi connectivity index (χ3v) is 3.70. The summed E-state index contributed by atoms with van der Waals surface area (Å²) in [4.78, 5) is 0. The van der Waals surface area contributed by atoms with Crippen molar-refractivity contribution in [3.05, 3.63) is 58.6 Å². The van der Waals surface area contributed by atoms with E-state index in [1.54, 1.807) is 0 Å². The Hall–Kier alpha value is -0.990. The molecule has 0 radical (unpaired) electrons. The van der Waals surface area contributed by atoms with Crippen molar-refractivity contribution in [3.63, 3.8) is 0 Å². The van der Waals surface area contributed by atoms with Crippen LogP contribution in [0.15, 0.2) is 42.5 Å². The van der Waals surface area contributed by atoms with Gasteiger partial charge in [0.1, 0.15) is 11.5 Å². The van der Waals surface area contributed by atoms with Crippen molar-refractivity contribution in [3.8, 4) is 11.5 Å². The zero-order valence-electron chi connectivity index (χ0n) is 10.8. The summed E-state index contributed by atoms with van der Waals surface area (Å²) in [6.07, 6.45) is 2.26. The van der Waals surface area contributed by atoms with Gasteiger partial charge in [-0.2, -0.15) is 0 Å². The summed E-state index contributed by atoms with van der Waals surface area (Å²) in [6, 6.07) is 13.9. The first-order valence-electron chi connectivity index (χ1n) is 6.34. The predicted molar refractivity (Wildman–Crippen MR) is 84.6 cm³/mol. The van der Waals surface area contributed by atoms with Crippen molar-refractivity contribution in [2.75, 3.05) is 0 Å². The van der Waals surface area contributed by atoms with E-state index in [0.717, 1.165) is 40.3 Å². The van der Waals surface area contributed by atoms with E-state index in [2.05, 4.69) is 35.0 Å². The van der Waals surface area contributed by atoms with Crippen LogP contribution in [0.4, 0.5) is 0 Å². The third kappa shape index (κ3) is 3.99. The molecule has 100 valence electrons. The molecular weight excluding hydrogens is 324 g/mol. The summed E-state index contributed by atoms with van der Waals surface area (Å²) in [6.45, 7) is 2.18. The smallest absolute Gasteiger partial charge is 0.131 e. The lowest BCUT2D eigenvalue weighted by atomic mass is 10.1. The maximum atomic E-state index is 5.98. The molecule has 0 aliphatic heterocycles. The second kappa shape index (κ2) is 6.97. The Kier molecular flexibility index (Phi) is 5.29. The molecule has 0 spiro atoms. The standard InChI is InChI=1S/C16H16BrClO/c1-2-3-12-4-7-15(8-5-12)19-16-9-6-14(18)10-13(16)11-17/h4-10H,2-3,11H2,1H3. The van der Waals surface area contributed by atoms with Gasteiger partial charge in [0.15, 0.2) is 0 Å². The summed E-state index contributed by atoms with van der Waals surface area (Å²) in [5, 5.41) is 1.44. The SMILES string of the molecule is CCCc1ccc(Oc2ccc(Cl)cc2CBr)cc1. The average Bonchev–Trinajstić information content (AvgIpc) is 2.43. The zero-order chi connectivity index (χ0) is 13.7. The van der Waals surface area contributed by atoms with Gasteiger partial charge in [-0.3, -0.25) is 0 Å². The first kappa shape index (κ1) is 14.4. The number of aryl methyl sites for hydroxylation is 1. The Morgan fingerprint density at radius 3 is 2.47 bits per heavy atom. The van der Waals surface area contributed by atoms with Crippen molar-refractivity contribution in [1.82, 2.24) is 0 Å². The molecule has 0 heterocycles. The van der Waals surface area contributed by atoms with Crippen molar-refractivity contribution < 1.29 is 4.74 Å². The first-order valence-corrected chi connectivity index (χ1v) is 7.84. The van der Waals surface area contributed by atoms with Crippen molar-refractivity contribution in [2.45, 2.75) is 25.1 Å². The Balaban J connectivity index is 2.16. The highest BCUT2D eigenvalue weighted by molar-refractivity contribution is 9.08. The fourth-order valence-electron chi connectivity index (χ4n) is 1.89. The fraction of sp³-hybridized carbons (Fsp3) is 0.250. The zero-order valence-corrected chi connectivity index (χ0v) is 13.2. The topological polar surface area (TPSA) is 9.23 Å². The quantitative estimate of drug-likeness (QED) is 0.609. The highest BCUT2D eigenvalue weighted by Gasteiger charge is 2.05. The van der Waals surface area contributed by atoms with Gasteiger partial charge in [0.2, 0.25) is 0 Å². The minimum Gasteiger partial charge on any atom is -0.457 e. The van der Waals surface area contributed by atoms with Crippen LogP contribution in [-0.2, 0) is 11.8 Å². The second-order valence-corrected chi connectivity index (χ2v) is 5.38. The third-order valence-electron chi connectivity index (χ3n) is 2.86. The largest absolute Gasteiger partial charge is 0.457 e. The number of ether oxygens (including phenoxy) is 1. The molecule has 0 bridgehead atoms. The highest BCUT2D eigenvalue weighted by atomic mass is 79.9. The number of alkyl halides is 1. The van der Waals surface area contributed by atoms with Gasteiger partial charge in [0.05, 0.1) is 0 Å². The molecule has 2 aromatic rings. The van der Waals surface area contributed by atoms with Gasteiger partial charge in [-0.25, -0.2) is 0 Å². The summed E-state index contributed by atoms with van der Waals surface area (Å²) < 4.78 is 5.90. The molecule has 1 nitrogen and oxygen atoms in total. The maximum absolute atomic E-state index is 5.98.